The maximum atomic E-state index is 6.38. The summed E-state index contributed by atoms with van der Waals surface area (Å²) in [5.41, 5.74) is 22.8. The zero-order valence-corrected chi connectivity index (χ0v) is 97.7. The van der Waals surface area contributed by atoms with Gasteiger partial charge in [-0.05, 0) is 326 Å². The lowest BCUT2D eigenvalue weighted by molar-refractivity contribution is 0.00578. The molecule has 0 saturated carbocycles. The molecule has 5 unspecified atom stereocenters. The Hall–Kier alpha value is -7.17. The van der Waals surface area contributed by atoms with Crippen molar-refractivity contribution in [3.8, 4) is 61.6 Å². The molecule has 23 rings (SSSR count). The van der Waals surface area contributed by atoms with Crippen molar-refractivity contribution in [3.63, 3.8) is 0 Å². The minimum Gasteiger partial charge on any atom is -0.405 e. The third-order valence-corrected chi connectivity index (χ3v) is 31.2. The lowest BCUT2D eigenvalue weighted by Crippen LogP contribution is -2.41. The third-order valence-electron chi connectivity index (χ3n) is 26.4. The van der Waals surface area contributed by atoms with Gasteiger partial charge in [0.15, 0.2) is 0 Å². The summed E-state index contributed by atoms with van der Waals surface area (Å²) >= 11 is 18.6. The topological polar surface area (TPSA) is 70.2 Å². The van der Waals surface area contributed by atoms with Crippen LogP contribution in [-0.2, 0) is 34.3 Å². The molecule has 19 aromatic rings. The predicted molar refractivity (Wildman–Crippen MR) is 649 cm³/mol. The van der Waals surface area contributed by atoms with Gasteiger partial charge in [0.2, 0.25) is 0 Å². The number of fused-ring (bicyclic) bond motifs is 12. The van der Waals surface area contributed by atoms with Crippen LogP contribution in [0, 0.1) is 7.14 Å². The molecular formula is C115H114B3Br4I2N3O6P6. The van der Waals surface area contributed by atoms with Gasteiger partial charge < -0.3 is 41.6 Å². The Labute approximate surface area is 895 Å². The molecule has 0 radical (unpaired) electrons. The summed E-state index contributed by atoms with van der Waals surface area (Å²) in [4.78, 5) is 0. The largest absolute Gasteiger partial charge is 0.496 e. The van der Waals surface area contributed by atoms with Gasteiger partial charge in [0, 0.05) is 74.1 Å². The van der Waals surface area contributed by atoms with Crippen LogP contribution in [0.4, 0.5) is 0 Å². The predicted octanol–water partition coefficient (Wildman–Crippen LogP) is 34.7. The van der Waals surface area contributed by atoms with Crippen molar-refractivity contribution >= 4 is 254 Å². The number of hydrogen-bond donors (Lipinski definition) is 0. The molecule has 0 spiro atoms. The van der Waals surface area contributed by atoms with E-state index in [1.807, 2.05) is 79.7 Å². The molecule has 3 aromatic heterocycles. The Balaban J connectivity index is 0.000000132. The fraction of sp³-hybridized carbons (Fsp3) is 0.165. The highest BCUT2D eigenvalue weighted by atomic mass is 127. The van der Waals surface area contributed by atoms with Gasteiger partial charge in [-0.2, -0.15) is 9.90 Å². The molecule has 0 bridgehead atoms. The van der Waals surface area contributed by atoms with Crippen LogP contribution >= 0.6 is 162 Å². The summed E-state index contributed by atoms with van der Waals surface area (Å²) in [5, 5.41) is 7.65. The van der Waals surface area contributed by atoms with E-state index < -0.39 is 21.1 Å². The van der Waals surface area contributed by atoms with E-state index in [-0.39, 0.29) is 43.5 Å². The second-order valence-electron chi connectivity index (χ2n) is 36.6. The normalized spacial score (nSPS) is 14.9. The van der Waals surface area contributed by atoms with Crippen molar-refractivity contribution in [2.45, 2.75) is 123 Å². The minimum atomic E-state index is -0.476. The van der Waals surface area contributed by atoms with Crippen LogP contribution < -0.4 is 5.46 Å². The summed E-state index contributed by atoms with van der Waals surface area (Å²) in [6.07, 6.45) is 1.10. The highest BCUT2D eigenvalue weighted by Gasteiger charge is 2.64. The molecule has 0 amide bonds. The van der Waals surface area contributed by atoms with Gasteiger partial charge in [0.05, 0.1) is 78.1 Å². The first-order chi connectivity index (χ1) is 66.3. The van der Waals surface area contributed by atoms with E-state index >= 15 is 0 Å². The van der Waals surface area contributed by atoms with E-state index in [9.17, 15) is 0 Å². The van der Waals surface area contributed by atoms with E-state index in [2.05, 4.69) is 550 Å². The summed E-state index contributed by atoms with van der Waals surface area (Å²) in [6, 6.07) is 137. The standard InChI is InChI=1S/C30H20BrN.C24H24BNO2.C18H12BrN.C13H10.C12H24B2O4.C12H8BrI.C6H4BrI.H5P3.H4P2.H3P/c31-24-19-17-22(18-20-24)21-13-15-23(16-14-21)25-7-1-4-10-28(25)32-29-11-5-2-8-26(29)27-9-3-6-12-30(27)32;1-23(2)24(3,4)28-25(27-23)19-13-7-10-16-22(19)26-20-14-8-5-11-17(20)18-12-6-9-15-21(18)26;19-15-9-3-6-12-18(15)20-16-10-4-1-7-13(16)14-8-2-5-11-17(14)20;1-3-7-12-10(5-1)9-11-6-2-4-8-13(11)12;1-9(2)10(3,4)16-13(15-9)14-17-11(5,6)12(7,8)18-14;13-11-5-1-9(2-6-11)10-3-7-12(14)8-4-10;7-5-3-1-2-4-6(5)8;1-3-2;1-2;/h1-20H;5-16H,1-4H3;1-12H;1-8H,9H2;1-8H3;1-8H;1-4H;3H,1-2H2;1-2H2;1H3. The molecule has 5 atom stereocenters. The fourth-order valence-electron chi connectivity index (χ4n) is 17.2. The van der Waals surface area contributed by atoms with Crippen LogP contribution in [0.1, 0.15) is 94.2 Å². The Kier molecular flexibility index (Phi) is 37.0. The summed E-state index contributed by atoms with van der Waals surface area (Å²) in [7, 11) is 9.37. The Morgan fingerprint density at radius 1 is 0.273 bits per heavy atom. The third kappa shape index (κ3) is 24.5. The first-order valence-corrected chi connectivity index (χ1v) is 58.4. The van der Waals surface area contributed by atoms with E-state index in [4.69, 9.17) is 27.9 Å². The van der Waals surface area contributed by atoms with Crippen molar-refractivity contribution in [2.75, 3.05) is 0 Å². The van der Waals surface area contributed by atoms with Crippen molar-refractivity contribution in [3.05, 3.63) is 424 Å². The number of halogens is 6. The molecule has 4 aliphatic rings. The van der Waals surface area contributed by atoms with Crippen LogP contribution in [0.25, 0.3) is 127 Å². The first-order valence-electron chi connectivity index (χ1n) is 45.7. The monoisotopic (exact) mass is 2420 g/mol. The van der Waals surface area contributed by atoms with E-state index in [1.54, 1.807) is 0 Å². The zero-order valence-electron chi connectivity index (χ0n) is 80.0. The smallest absolute Gasteiger partial charge is 0.405 e. The van der Waals surface area contributed by atoms with Gasteiger partial charge in [-0.1, -0.05) is 319 Å². The second kappa shape index (κ2) is 47.8. The number of rotatable bonds is 8. The van der Waals surface area contributed by atoms with Gasteiger partial charge in [0.1, 0.15) is 0 Å². The molecule has 3 aliphatic heterocycles. The van der Waals surface area contributed by atoms with Gasteiger partial charge in [-0.3, -0.25) is 0 Å². The van der Waals surface area contributed by atoms with Gasteiger partial charge >= 0.3 is 21.1 Å². The molecule has 24 heteroatoms. The molecule has 706 valence electrons. The second-order valence-corrected chi connectivity index (χ2v) is 46.9. The Bertz CT molecular complexity index is 7090. The fourth-order valence-corrected chi connectivity index (χ4v) is 19.3. The lowest BCUT2D eigenvalue weighted by atomic mass is 9.49. The quantitative estimate of drug-likeness (QED) is 0.0858. The summed E-state index contributed by atoms with van der Waals surface area (Å²) in [6.45, 7) is 24.6. The molecule has 9 nitrogen and oxygen atoms in total. The lowest BCUT2D eigenvalue weighted by Gasteiger charge is -2.32. The molecule has 3 saturated heterocycles. The van der Waals surface area contributed by atoms with Crippen LogP contribution in [0.3, 0.4) is 0 Å². The molecule has 0 N–H and O–H groups in total. The highest BCUT2D eigenvalue weighted by Crippen LogP contribution is 2.46. The molecule has 139 heavy (non-hydrogen) atoms. The first kappa shape index (κ1) is 108. The average molecular weight is 2430 g/mol. The Morgan fingerprint density at radius 2 is 0.525 bits per heavy atom. The zero-order chi connectivity index (χ0) is 97.9. The van der Waals surface area contributed by atoms with Crippen molar-refractivity contribution in [1.82, 2.24) is 13.7 Å². The van der Waals surface area contributed by atoms with Crippen molar-refractivity contribution in [2.24, 2.45) is 0 Å². The Morgan fingerprint density at radius 3 is 0.871 bits per heavy atom. The SMILES string of the molecule is Brc1ccc(-c2ccc(-c3ccccc3-n3c4ccccc4c4ccccc43)cc2)cc1.Brc1ccc(-c2ccc(I)cc2)cc1.Brc1ccccc1-n1c2ccccc2c2ccccc21.Brc1ccccc1I.CC1(C)OB(B2OC(C)(C)C(C)(C)O2)OC1(C)C.CC1(C)OB(c2ccccc2-n2c3ccccc3c3ccccc32)OC1(C)C.P.PP.PPP.c1ccc2c(c1)Cc1ccccc1-2. The number of hydrogen-bond acceptors (Lipinski definition) is 6. The molecule has 3 fully saturated rings. The minimum absolute atomic E-state index is 0. The van der Waals surface area contributed by atoms with Crippen LogP contribution in [0.2, 0.25) is 0 Å². The molecule has 6 heterocycles. The molecule has 16 aromatic carbocycles. The number of aromatic nitrogens is 3. The van der Waals surface area contributed by atoms with Crippen LogP contribution in [0.15, 0.2) is 406 Å². The number of nitrogens with zero attached hydrogens (tertiary/aromatic N) is 3. The number of benzene rings is 16. The summed E-state index contributed by atoms with van der Waals surface area (Å²) < 4.78 is 50.6. The summed E-state index contributed by atoms with van der Waals surface area (Å²) in [5.74, 6) is 0. The van der Waals surface area contributed by atoms with Gasteiger partial charge in [0.25, 0.3) is 0 Å². The maximum Gasteiger partial charge on any atom is 0.496 e. The number of para-hydroxylation sites is 9. The van der Waals surface area contributed by atoms with Crippen LogP contribution in [-0.4, -0.2) is 68.4 Å². The van der Waals surface area contributed by atoms with Gasteiger partial charge in [-0.25, -0.2) is 0 Å². The van der Waals surface area contributed by atoms with Crippen LogP contribution in [0.5, 0.6) is 0 Å². The highest BCUT2D eigenvalue weighted by molar-refractivity contribution is 14.1. The molecule has 1 aliphatic carbocycles. The van der Waals surface area contributed by atoms with Crippen molar-refractivity contribution in [1.29, 1.82) is 0 Å². The van der Waals surface area contributed by atoms with Crippen molar-refractivity contribution < 1.29 is 27.9 Å². The van der Waals surface area contributed by atoms with E-state index in [0.717, 1.165) is 38.9 Å². The van der Waals surface area contributed by atoms with Gasteiger partial charge in [-0.15, -0.1) is 35.7 Å². The average Bonchev–Trinajstić information content (AvgIpc) is 1.57. The van der Waals surface area contributed by atoms with E-state index in [1.165, 1.54) is 144 Å². The maximum absolute atomic E-state index is 6.38. The molecular weight excluding hydrogens is 2310 g/mol. The van der Waals surface area contributed by atoms with E-state index in [0.29, 0.717) is 0 Å².